The van der Waals surface area contributed by atoms with Gasteiger partial charge in [0.25, 0.3) is 0 Å². The lowest BCUT2D eigenvalue weighted by Gasteiger charge is -2.19. The molecule has 0 saturated heterocycles. The van der Waals surface area contributed by atoms with Crippen LogP contribution in [0.1, 0.15) is 25.3 Å². The molecule has 1 atom stereocenters. The predicted molar refractivity (Wildman–Crippen MR) is 53.4 cm³/mol. The smallest absolute Gasteiger partial charge is 0.129 e. The maximum atomic E-state index is 13.4. The van der Waals surface area contributed by atoms with Crippen molar-refractivity contribution in [3.63, 3.8) is 0 Å². The Balaban J connectivity index is 2.25. The van der Waals surface area contributed by atoms with E-state index in [0.29, 0.717) is 6.42 Å². The number of aliphatic hydroxyl groups is 1. The van der Waals surface area contributed by atoms with E-state index < -0.39 is 17.7 Å². The molecule has 0 bridgehead atoms. The second-order valence-corrected chi connectivity index (χ2v) is 4.42. The van der Waals surface area contributed by atoms with E-state index in [1.165, 1.54) is 18.2 Å². The Bertz CT molecular complexity index is 350. The van der Waals surface area contributed by atoms with Gasteiger partial charge in [-0.1, -0.05) is 6.07 Å². The molecule has 0 radical (unpaired) electrons. The SMILES string of the molecule is CC(O)C1(Cc2c(F)cccc2F)CC1. The highest BCUT2D eigenvalue weighted by molar-refractivity contribution is 5.23. The van der Waals surface area contributed by atoms with E-state index in [0.717, 1.165) is 12.8 Å². The average molecular weight is 212 g/mol. The molecule has 15 heavy (non-hydrogen) atoms. The van der Waals surface area contributed by atoms with Crippen molar-refractivity contribution in [3.8, 4) is 0 Å². The van der Waals surface area contributed by atoms with Crippen molar-refractivity contribution in [3.05, 3.63) is 35.4 Å². The van der Waals surface area contributed by atoms with E-state index in [1.807, 2.05) is 0 Å². The Morgan fingerprint density at radius 3 is 2.27 bits per heavy atom. The Morgan fingerprint density at radius 1 is 1.33 bits per heavy atom. The fourth-order valence-corrected chi connectivity index (χ4v) is 1.96. The molecule has 1 N–H and O–H groups in total. The Hall–Kier alpha value is -0.960. The van der Waals surface area contributed by atoms with Crippen molar-refractivity contribution in [2.24, 2.45) is 5.41 Å². The van der Waals surface area contributed by atoms with Crippen LogP contribution < -0.4 is 0 Å². The first kappa shape index (κ1) is 10.6. The highest BCUT2D eigenvalue weighted by atomic mass is 19.1. The molecular weight excluding hydrogens is 198 g/mol. The molecule has 2 rings (SSSR count). The molecule has 1 saturated carbocycles. The van der Waals surface area contributed by atoms with Crippen molar-refractivity contribution in [2.45, 2.75) is 32.3 Å². The van der Waals surface area contributed by atoms with Crippen molar-refractivity contribution in [1.29, 1.82) is 0 Å². The summed E-state index contributed by atoms with van der Waals surface area (Å²) >= 11 is 0. The zero-order valence-corrected chi connectivity index (χ0v) is 8.63. The summed E-state index contributed by atoms with van der Waals surface area (Å²) in [5.41, 5.74) is -0.181. The molecule has 1 aliphatic carbocycles. The van der Waals surface area contributed by atoms with Crippen LogP contribution in [0.15, 0.2) is 18.2 Å². The van der Waals surface area contributed by atoms with E-state index in [4.69, 9.17) is 0 Å². The average Bonchev–Trinajstić information content (AvgIpc) is 2.93. The standard InChI is InChI=1S/C12H14F2O/c1-8(15)12(5-6-12)7-9-10(13)3-2-4-11(9)14/h2-4,8,15H,5-7H2,1H3. The molecule has 3 heteroatoms. The summed E-state index contributed by atoms with van der Waals surface area (Å²) in [6.07, 6.45) is 1.48. The first-order valence-corrected chi connectivity index (χ1v) is 5.16. The third-order valence-corrected chi connectivity index (χ3v) is 3.37. The van der Waals surface area contributed by atoms with Gasteiger partial charge in [-0.15, -0.1) is 0 Å². The first-order valence-electron chi connectivity index (χ1n) is 5.16. The Labute approximate surface area is 87.7 Å². The maximum absolute atomic E-state index is 13.4. The summed E-state index contributed by atoms with van der Waals surface area (Å²) < 4.78 is 26.7. The fraction of sp³-hybridized carbons (Fsp3) is 0.500. The number of rotatable bonds is 3. The molecule has 1 aliphatic rings. The second-order valence-electron chi connectivity index (χ2n) is 4.42. The van der Waals surface area contributed by atoms with Crippen molar-refractivity contribution >= 4 is 0 Å². The zero-order valence-electron chi connectivity index (χ0n) is 8.63. The van der Waals surface area contributed by atoms with Crippen LogP contribution in [-0.4, -0.2) is 11.2 Å². The number of hydrogen-bond acceptors (Lipinski definition) is 1. The highest BCUT2D eigenvalue weighted by Crippen LogP contribution is 2.51. The molecule has 1 aromatic rings. The summed E-state index contributed by atoms with van der Waals surface area (Å²) in [4.78, 5) is 0. The van der Waals surface area contributed by atoms with Gasteiger partial charge in [0, 0.05) is 11.0 Å². The van der Waals surface area contributed by atoms with Gasteiger partial charge < -0.3 is 5.11 Å². The molecule has 0 amide bonds. The number of aliphatic hydroxyl groups excluding tert-OH is 1. The molecule has 1 unspecified atom stereocenters. The van der Waals surface area contributed by atoms with Crippen LogP contribution in [-0.2, 0) is 6.42 Å². The summed E-state index contributed by atoms with van der Waals surface area (Å²) in [6, 6.07) is 3.88. The molecule has 1 nitrogen and oxygen atoms in total. The van der Waals surface area contributed by atoms with Gasteiger partial charge in [-0.2, -0.15) is 0 Å². The number of halogens is 2. The molecule has 0 heterocycles. The van der Waals surface area contributed by atoms with Gasteiger partial charge in [0.2, 0.25) is 0 Å². The van der Waals surface area contributed by atoms with Gasteiger partial charge in [0.05, 0.1) is 6.10 Å². The summed E-state index contributed by atoms with van der Waals surface area (Å²) in [5.74, 6) is -1.02. The predicted octanol–water partition coefficient (Wildman–Crippen LogP) is 2.67. The van der Waals surface area contributed by atoms with Crippen LogP contribution in [0.3, 0.4) is 0 Å². The largest absolute Gasteiger partial charge is 0.393 e. The van der Waals surface area contributed by atoms with Crippen molar-refractivity contribution in [1.82, 2.24) is 0 Å². The lowest BCUT2D eigenvalue weighted by atomic mass is 9.91. The molecule has 1 aromatic carbocycles. The third kappa shape index (κ3) is 1.88. The van der Waals surface area contributed by atoms with E-state index in [9.17, 15) is 13.9 Å². The van der Waals surface area contributed by atoms with Crippen molar-refractivity contribution < 1.29 is 13.9 Å². The molecule has 0 aliphatic heterocycles. The lowest BCUT2D eigenvalue weighted by molar-refractivity contribution is 0.109. The van der Waals surface area contributed by atoms with Crippen LogP contribution in [0.4, 0.5) is 8.78 Å². The van der Waals surface area contributed by atoms with Gasteiger partial charge in [-0.3, -0.25) is 0 Å². The fourth-order valence-electron chi connectivity index (χ4n) is 1.96. The van der Waals surface area contributed by atoms with Crippen LogP contribution in [0.25, 0.3) is 0 Å². The van der Waals surface area contributed by atoms with E-state index in [-0.39, 0.29) is 11.0 Å². The lowest BCUT2D eigenvalue weighted by Crippen LogP contribution is -2.21. The van der Waals surface area contributed by atoms with E-state index >= 15 is 0 Å². The topological polar surface area (TPSA) is 20.2 Å². The van der Waals surface area contributed by atoms with Crippen molar-refractivity contribution in [2.75, 3.05) is 0 Å². The monoisotopic (exact) mass is 212 g/mol. The summed E-state index contributed by atoms with van der Waals surface area (Å²) in [6.45, 7) is 1.69. The summed E-state index contributed by atoms with van der Waals surface area (Å²) in [5, 5.41) is 9.54. The Kier molecular flexibility index (Phi) is 2.51. The molecular formula is C12H14F2O. The highest BCUT2D eigenvalue weighted by Gasteiger charge is 2.47. The minimum atomic E-state index is -0.512. The zero-order chi connectivity index (χ0) is 11.1. The van der Waals surface area contributed by atoms with Gasteiger partial charge in [0.15, 0.2) is 0 Å². The van der Waals surface area contributed by atoms with Gasteiger partial charge in [-0.05, 0) is 38.3 Å². The Morgan fingerprint density at radius 2 is 1.87 bits per heavy atom. The minimum absolute atomic E-state index is 0.107. The van der Waals surface area contributed by atoms with Crippen LogP contribution >= 0.6 is 0 Å². The van der Waals surface area contributed by atoms with E-state index in [1.54, 1.807) is 6.92 Å². The van der Waals surface area contributed by atoms with Crippen LogP contribution in [0, 0.1) is 17.0 Å². The van der Waals surface area contributed by atoms with Gasteiger partial charge in [-0.25, -0.2) is 8.78 Å². The first-order chi connectivity index (χ1) is 7.05. The maximum Gasteiger partial charge on any atom is 0.129 e. The molecule has 0 aromatic heterocycles. The minimum Gasteiger partial charge on any atom is -0.393 e. The molecule has 82 valence electrons. The normalized spacial score (nSPS) is 20.0. The summed E-state index contributed by atoms with van der Waals surface area (Å²) in [7, 11) is 0. The molecule has 0 spiro atoms. The number of benzene rings is 1. The quantitative estimate of drug-likeness (QED) is 0.816. The van der Waals surface area contributed by atoms with Crippen LogP contribution in [0.5, 0.6) is 0 Å². The number of hydrogen-bond donors (Lipinski definition) is 1. The third-order valence-electron chi connectivity index (χ3n) is 3.37. The van der Waals surface area contributed by atoms with E-state index in [2.05, 4.69) is 0 Å². The second kappa shape index (κ2) is 3.56. The molecule has 1 fully saturated rings. The van der Waals surface area contributed by atoms with Gasteiger partial charge >= 0.3 is 0 Å². The van der Waals surface area contributed by atoms with Gasteiger partial charge in [0.1, 0.15) is 11.6 Å². The van der Waals surface area contributed by atoms with Crippen LogP contribution in [0.2, 0.25) is 0 Å².